The number of hydrogen-bond acceptors (Lipinski definition) is 8. The highest BCUT2D eigenvalue weighted by Crippen LogP contribution is 1.89. The summed E-state index contributed by atoms with van der Waals surface area (Å²) in [4.78, 5) is 56.6. The molecule has 0 saturated carbocycles. The Morgan fingerprint density at radius 1 is 0.630 bits per heavy atom. The summed E-state index contributed by atoms with van der Waals surface area (Å²) in [6.07, 6.45) is 6.86. The minimum absolute atomic E-state index is 0.302. The summed E-state index contributed by atoms with van der Waals surface area (Å²) in [5.74, 6) is -3.11. The van der Waals surface area contributed by atoms with Crippen molar-refractivity contribution < 1.29 is 53.6 Å². The van der Waals surface area contributed by atoms with E-state index in [4.69, 9.17) is 15.3 Å². The van der Waals surface area contributed by atoms with Crippen LogP contribution in [0.15, 0.2) is 25.0 Å². The van der Waals surface area contributed by atoms with E-state index in [-0.39, 0.29) is 19.6 Å². The Morgan fingerprint density at radius 2 is 0.852 bits per heavy atom. The van der Waals surface area contributed by atoms with Crippen molar-refractivity contribution in [2.24, 2.45) is 0 Å². The summed E-state index contributed by atoms with van der Waals surface area (Å²) < 4.78 is 9.17. The standard InChI is InChI=1S/C4H4O2.3C3H5NO3/c1-2-6-4-3-5-1;3*5-2-4-1-3(6)7/h1-4H;3*2H,1H2,(H,4,5)(H,6,7). The van der Waals surface area contributed by atoms with Crippen LogP contribution < -0.4 is 16.0 Å². The van der Waals surface area contributed by atoms with E-state index < -0.39 is 17.9 Å². The summed E-state index contributed by atoms with van der Waals surface area (Å²) in [5, 5.41) is 29.4. The van der Waals surface area contributed by atoms with E-state index in [1.165, 1.54) is 25.0 Å². The van der Waals surface area contributed by atoms with Crippen molar-refractivity contribution in [3.8, 4) is 0 Å². The molecule has 0 fully saturated rings. The fraction of sp³-hybridized carbons (Fsp3) is 0.231. The monoisotopic (exact) mass is 393 g/mol. The molecule has 0 aromatic rings. The van der Waals surface area contributed by atoms with Gasteiger partial charge in [-0.25, -0.2) is 0 Å². The first kappa shape index (κ1) is 27.7. The van der Waals surface area contributed by atoms with Crippen LogP contribution >= 0.6 is 0 Å². The average Bonchev–Trinajstić information content (AvgIpc) is 2.65. The number of aliphatic carboxylic acids is 3. The second-order valence-electron chi connectivity index (χ2n) is 3.49. The maximum atomic E-state index is 9.54. The largest absolute Gasteiger partial charge is 0.480 e. The lowest BCUT2D eigenvalue weighted by Gasteiger charge is -1.94. The van der Waals surface area contributed by atoms with Crippen LogP contribution in [0.3, 0.4) is 0 Å². The molecule has 0 radical (unpaired) electrons. The van der Waals surface area contributed by atoms with Gasteiger partial charge in [0.2, 0.25) is 19.2 Å². The van der Waals surface area contributed by atoms with Crippen molar-refractivity contribution in [3.05, 3.63) is 25.0 Å². The van der Waals surface area contributed by atoms with E-state index in [1.807, 2.05) is 16.0 Å². The smallest absolute Gasteiger partial charge is 0.322 e. The number of carbonyl (C=O) groups excluding carboxylic acids is 3. The first-order chi connectivity index (χ1) is 12.8. The number of hydrogen-bond donors (Lipinski definition) is 6. The van der Waals surface area contributed by atoms with Crippen LogP contribution in [0, 0.1) is 0 Å². The molecule has 0 aromatic carbocycles. The van der Waals surface area contributed by atoms with Gasteiger partial charge in [-0.2, -0.15) is 0 Å². The van der Waals surface area contributed by atoms with Gasteiger partial charge in [0.25, 0.3) is 0 Å². The molecule has 1 rings (SSSR count). The van der Waals surface area contributed by atoms with Crippen LogP contribution in [0.2, 0.25) is 0 Å². The minimum atomic E-state index is -1.04. The summed E-state index contributed by atoms with van der Waals surface area (Å²) in [6.45, 7) is -0.906. The highest BCUT2D eigenvalue weighted by molar-refractivity contribution is 5.72. The quantitative estimate of drug-likeness (QED) is 0.223. The summed E-state index contributed by atoms with van der Waals surface area (Å²) >= 11 is 0. The Morgan fingerprint density at radius 3 is 0.926 bits per heavy atom. The van der Waals surface area contributed by atoms with Gasteiger partial charge < -0.3 is 40.7 Å². The lowest BCUT2D eigenvalue weighted by atomic mass is 10.7. The van der Waals surface area contributed by atoms with Crippen molar-refractivity contribution in [2.75, 3.05) is 19.6 Å². The van der Waals surface area contributed by atoms with Gasteiger partial charge in [-0.1, -0.05) is 0 Å². The highest BCUT2D eigenvalue weighted by atomic mass is 16.5. The van der Waals surface area contributed by atoms with Gasteiger partial charge in [-0.3, -0.25) is 28.8 Å². The molecular weight excluding hydrogens is 374 g/mol. The molecule has 152 valence electrons. The van der Waals surface area contributed by atoms with E-state index in [0.29, 0.717) is 19.2 Å². The maximum absolute atomic E-state index is 9.54. The number of nitrogens with one attached hydrogen (secondary N) is 3. The first-order valence-corrected chi connectivity index (χ1v) is 6.59. The van der Waals surface area contributed by atoms with Crippen molar-refractivity contribution in [3.63, 3.8) is 0 Å². The molecule has 0 saturated heterocycles. The van der Waals surface area contributed by atoms with Gasteiger partial charge in [-0.15, -0.1) is 0 Å². The summed E-state index contributed by atoms with van der Waals surface area (Å²) in [6, 6.07) is 0. The van der Waals surface area contributed by atoms with E-state index in [1.54, 1.807) is 0 Å². The average molecular weight is 393 g/mol. The number of ether oxygens (including phenoxy) is 2. The van der Waals surface area contributed by atoms with Crippen molar-refractivity contribution in [1.82, 2.24) is 16.0 Å². The van der Waals surface area contributed by atoms with E-state index >= 15 is 0 Å². The zero-order valence-corrected chi connectivity index (χ0v) is 13.8. The Hall–Kier alpha value is -4.10. The van der Waals surface area contributed by atoms with E-state index in [2.05, 4.69) is 9.47 Å². The fourth-order valence-electron chi connectivity index (χ4n) is 0.606. The topological polar surface area (TPSA) is 218 Å². The molecule has 14 nitrogen and oxygen atoms in total. The molecular formula is C13H19N3O11. The molecule has 6 N–H and O–H groups in total. The van der Waals surface area contributed by atoms with Gasteiger partial charge in [0.05, 0.1) is 0 Å². The maximum Gasteiger partial charge on any atom is 0.322 e. The van der Waals surface area contributed by atoms with Gasteiger partial charge in [0.15, 0.2) is 0 Å². The third-order valence-electron chi connectivity index (χ3n) is 1.44. The van der Waals surface area contributed by atoms with Crippen LogP contribution in [0.5, 0.6) is 0 Å². The molecule has 0 aliphatic carbocycles. The first-order valence-electron chi connectivity index (χ1n) is 6.59. The third kappa shape index (κ3) is 44.9. The van der Waals surface area contributed by atoms with E-state index in [9.17, 15) is 28.8 Å². The predicted molar refractivity (Wildman–Crippen MR) is 85.6 cm³/mol. The summed E-state index contributed by atoms with van der Waals surface area (Å²) in [5.41, 5.74) is 0. The molecule has 27 heavy (non-hydrogen) atoms. The zero-order chi connectivity index (χ0) is 21.3. The van der Waals surface area contributed by atoms with Crippen LogP contribution in [0.4, 0.5) is 0 Å². The molecule has 0 unspecified atom stereocenters. The zero-order valence-electron chi connectivity index (χ0n) is 13.8. The molecule has 0 spiro atoms. The molecule has 0 aromatic heterocycles. The van der Waals surface area contributed by atoms with Crippen LogP contribution in [0.1, 0.15) is 0 Å². The predicted octanol–water partition coefficient (Wildman–Crippen LogP) is -2.57. The molecule has 14 heteroatoms. The van der Waals surface area contributed by atoms with E-state index in [0.717, 1.165) is 0 Å². The van der Waals surface area contributed by atoms with Gasteiger partial charge >= 0.3 is 17.9 Å². The van der Waals surface area contributed by atoms with Gasteiger partial charge in [0.1, 0.15) is 44.7 Å². The highest BCUT2D eigenvalue weighted by Gasteiger charge is 1.89. The number of carboxylic acid groups (broad SMARTS) is 3. The van der Waals surface area contributed by atoms with Crippen LogP contribution in [0.25, 0.3) is 0 Å². The van der Waals surface area contributed by atoms with Crippen molar-refractivity contribution in [1.29, 1.82) is 0 Å². The Balaban J connectivity index is -0.000000285. The number of amides is 3. The number of carboxylic acids is 3. The lowest BCUT2D eigenvalue weighted by Crippen LogP contribution is -2.20. The Labute approximate surface area is 152 Å². The normalized spacial score (nSPS) is 9.33. The number of rotatable bonds is 9. The minimum Gasteiger partial charge on any atom is -0.480 e. The van der Waals surface area contributed by atoms with Crippen LogP contribution in [-0.4, -0.2) is 72.1 Å². The van der Waals surface area contributed by atoms with Gasteiger partial charge in [-0.05, 0) is 0 Å². The number of carbonyl (C=O) groups is 6. The second kappa shape index (κ2) is 24.2. The SMILES string of the molecule is C1=COC=CO1.O=CNCC(=O)O.O=CNCC(=O)O.O=CNCC(=O)O. The fourth-order valence-corrected chi connectivity index (χ4v) is 0.606. The van der Waals surface area contributed by atoms with Crippen molar-refractivity contribution in [2.45, 2.75) is 0 Å². The lowest BCUT2D eigenvalue weighted by molar-refractivity contribution is -0.137. The third-order valence-corrected chi connectivity index (χ3v) is 1.44. The summed E-state index contributed by atoms with van der Waals surface area (Å²) in [7, 11) is 0. The van der Waals surface area contributed by atoms with Gasteiger partial charge in [0, 0.05) is 0 Å². The molecule has 0 bridgehead atoms. The molecule has 1 heterocycles. The Kier molecular flexibility index (Phi) is 24.8. The molecule has 3 amide bonds. The second-order valence-corrected chi connectivity index (χ2v) is 3.49. The van der Waals surface area contributed by atoms with Crippen LogP contribution in [-0.2, 0) is 38.2 Å². The molecule has 1 aliphatic heterocycles. The molecule has 1 aliphatic rings. The van der Waals surface area contributed by atoms with Crippen molar-refractivity contribution >= 4 is 37.1 Å². The Bertz CT molecular complexity index is 433. The molecule has 0 atom stereocenters.